The fourth-order valence-corrected chi connectivity index (χ4v) is 3.18. The number of nitrogens with zero attached hydrogens (tertiary/aromatic N) is 3. The summed E-state index contributed by atoms with van der Waals surface area (Å²) in [4.78, 5) is 12.8. The maximum Gasteiger partial charge on any atom is 0.276 e. The van der Waals surface area contributed by atoms with Crippen molar-refractivity contribution in [3.8, 4) is 22.8 Å². The number of hydrogen-bond acceptors (Lipinski definition) is 4. The molecule has 0 saturated heterocycles. The third-order valence-corrected chi connectivity index (χ3v) is 4.61. The van der Waals surface area contributed by atoms with E-state index in [-0.39, 0.29) is 18.9 Å². The zero-order valence-corrected chi connectivity index (χ0v) is 14.4. The molecule has 4 aromatic rings. The van der Waals surface area contributed by atoms with Crippen molar-refractivity contribution in [2.24, 2.45) is 0 Å². The minimum atomic E-state index is -0.943. The quantitative estimate of drug-likeness (QED) is 0.547. The average Bonchev–Trinajstić information content (AvgIpc) is 3.33. The molecule has 6 nitrogen and oxygen atoms in total. The highest BCUT2D eigenvalue weighted by Gasteiger charge is 2.16. The highest BCUT2D eigenvalue weighted by atomic mass is 19.2. The van der Waals surface area contributed by atoms with Gasteiger partial charge in [-0.2, -0.15) is 5.10 Å². The summed E-state index contributed by atoms with van der Waals surface area (Å²) in [6.45, 7) is 0.301. The first-order valence-electron chi connectivity index (χ1n) is 8.51. The Morgan fingerprint density at radius 3 is 2.68 bits per heavy atom. The monoisotopic (exact) mass is 381 g/mol. The molecule has 0 atom stereocenters. The largest absolute Gasteiger partial charge is 0.454 e. The molecule has 0 unspecified atom stereocenters. The van der Waals surface area contributed by atoms with Gasteiger partial charge in [0.15, 0.2) is 23.1 Å². The molecule has 8 heteroatoms. The Labute approximate surface area is 157 Å². The van der Waals surface area contributed by atoms with Crippen molar-refractivity contribution in [1.29, 1.82) is 0 Å². The lowest BCUT2D eigenvalue weighted by molar-refractivity contribution is 0.174. The van der Waals surface area contributed by atoms with E-state index in [4.69, 9.17) is 9.47 Å². The summed E-state index contributed by atoms with van der Waals surface area (Å²) in [5, 5.41) is 4.44. The Morgan fingerprint density at radius 2 is 1.82 bits per heavy atom. The van der Waals surface area contributed by atoms with Gasteiger partial charge in [-0.25, -0.2) is 13.3 Å². The van der Waals surface area contributed by atoms with E-state index in [1.54, 1.807) is 24.5 Å². The SMILES string of the molecule is O=c1c2cc(-c3ccc4c(c3)OCO4)nn2ccn1Cc1ccc(F)c(F)c1. The van der Waals surface area contributed by atoms with E-state index >= 15 is 0 Å². The first kappa shape index (κ1) is 16.5. The van der Waals surface area contributed by atoms with Gasteiger partial charge in [-0.1, -0.05) is 6.07 Å². The first-order chi connectivity index (χ1) is 13.6. The molecular formula is C20H13F2N3O3. The fourth-order valence-electron chi connectivity index (χ4n) is 3.18. The lowest BCUT2D eigenvalue weighted by Gasteiger charge is -2.06. The summed E-state index contributed by atoms with van der Waals surface area (Å²) in [5.41, 5.74) is 1.98. The smallest absolute Gasteiger partial charge is 0.276 e. The van der Waals surface area contributed by atoms with Gasteiger partial charge in [-0.3, -0.25) is 4.79 Å². The molecule has 28 heavy (non-hydrogen) atoms. The molecule has 1 aliphatic heterocycles. The molecule has 1 aliphatic rings. The summed E-state index contributed by atoms with van der Waals surface area (Å²) >= 11 is 0. The van der Waals surface area contributed by atoms with Crippen LogP contribution in [0.15, 0.2) is 59.7 Å². The number of halogens is 2. The van der Waals surface area contributed by atoms with Gasteiger partial charge in [-0.15, -0.1) is 0 Å². The Kier molecular flexibility index (Phi) is 3.65. The number of fused-ring (bicyclic) bond motifs is 2. The van der Waals surface area contributed by atoms with Crippen molar-refractivity contribution in [3.05, 3.63) is 82.4 Å². The van der Waals surface area contributed by atoms with Gasteiger partial charge < -0.3 is 14.0 Å². The van der Waals surface area contributed by atoms with Crippen LogP contribution in [0.3, 0.4) is 0 Å². The molecular weight excluding hydrogens is 368 g/mol. The number of rotatable bonds is 3. The van der Waals surface area contributed by atoms with E-state index < -0.39 is 11.6 Å². The molecule has 0 fully saturated rings. The van der Waals surface area contributed by atoms with Crippen LogP contribution in [0.4, 0.5) is 8.78 Å². The van der Waals surface area contributed by atoms with Gasteiger partial charge in [0.1, 0.15) is 5.52 Å². The average molecular weight is 381 g/mol. The summed E-state index contributed by atoms with van der Waals surface area (Å²) in [6.07, 6.45) is 3.21. The van der Waals surface area contributed by atoms with Gasteiger partial charge in [0.05, 0.1) is 12.2 Å². The van der Waals surface area contributed by atoms with Crippen LogP contribution in [0.2, 0.25) is 0 Å². The van der Waals surface area contributed by atoms with Crippen molar-refractivity contribution in [1.82, 2.24) is 14.2 Å². The Hall–Kier alpha value is -3.68. The molecule has 3 heterocycles. The third-order valence-electron chi connectivity index (χ3n) is 4.61. The molecule has 0 radical (unpaired) electrons. The predicted octanol–water partition coefficient (Wildman–Crippen LogP) is 3.22. The summed E-state index contributed by atoms with van der Waals surface area (Å²) in [5.74, 6) is -0.566. The van der Waals surface area contributed by atoms with E-state index in [0.717, 1.165) is 17.7 Å². The molecule has 140 valence electrons. The van der Waals surface area contributed by atoms with Crippen molar-refractivity contribution < 1.29 is 18.3 Å². The van der Waals surface area contributed by atoms with Gasteiger partial charge in [0, 0.05) is 18.0 Å². The normalized spacial score (nSPS) is 12.6. The van der Waals surface area contributed by atoms with Crippen molar-refractivity contribution in [2.45, 2.75) is 6.54 Å². The zero-order valence-electron chi connectivity index (χ0n) is 14.4. The summed E-state index contributed by atoms with van der Waals surface area (Å²) in [6, 6.07) is 10.7. The van der Waals surface area contributed by atoms with E-state index in [0.29, 0.717) is 28.3 Å². The van der Waals surface area contributed by atoms with E-state index in [9.17, 15) is 13.6 Å². The minimum Gasteiger partial charge on any atom is -0.454 e. The van der Waals surface area contributed by atoms with Crippen molar-refractivity contribution >= 4 is 5.52 Å². The van der Waals surface area contributed by atoms with E-state index in [1.807, 2.05) is 12.1 Å². The maximum atomic E-state index is 13.4. The van der Waals surface area contributed by atoms with Gasteiger partial charge in [-0.05, 0) is 42.0 Å². The Morgan fingerprint density at radius 1 is 0.964 bits per heavy atom. The van der Waals surface area contributed by atoms with Crippen molar-refractivity contribution in [2.75, 3.05) is 6.79 Å². The minimum absolute atomic E-state index is 0.122. The first-order valence-corrected chi connectivity index (χ1v) is 8.51. The van der Waals surface area contributed by atoms with Gasteiger partial charge >= 0.3 is 0 Å². The lowest BCUT2D eigenvalue weighted by atomic mass is 10.1. The molecule has 0 saturated carbocycles. The van der Waals surface area contributed by atoms with Gasteiger partial charge in [0.2, 0.25) is 6.79 Å². The topological polar surface area (TPSA) is 57.8 Å². The fraction of sp³-hybridized carbons (Fsp3) is 0.100. The number of aromatic nitrogens is 3. The second-order valence-electron chi connectivity index (χ2n) is 6.41. The van der Waals surface area contributed by atoms with Crippen LogP contribution in [0.25, 0.3) is 16.8 Å². The van der Waals surface area contributed by atoms with Crippen LogP contribution in [0.1, 0.15) is 5.56 Å². The molecule has 0 amide bonds. The molecule has 0 spiro atoms. The molecule has 0 bridgehead atoms. The maximum absolute atomic E-state index is 13.4. The highest BCUT2D eigenvalue weighted by molar-refractivity contribution is 5.68. The van der Waals surface area contributed by atoms with Crippen LogP contribution in [0, 0.1) is 11.6 Å². The standard InChI is InChI=1S/C20H13F2N3O3/c21-14-3-1-12(7-15(14)22)10-24-5-6-25-17(20(24)26)9-16(23-25)13-2-4-18-19(8-13)28-11-27-18/h1-9H,10-11H2. The molecule has 0 aliphatic carbocycles. The zero-order chi connectivity index (χ0) is 19.3. The van der Waals surface area contributed by atoms with Crippen LogP contribution >= 0.6 is 0 Å². The van der Waals surface area contributed by atoms with Crippen LogP contribution in [-0.4, -0.2) is 21.0 Å². The van der Waals surface area contributed by atoms with E-state index in [2.05, 4.69) is 5.10 Å². The molecule has 5 rings (SSSR count). The second-order valence-corrected chi connectivity index (χ2v) is 6.41. The Bertz CT molecular complexity index is 1280. The lowest BCUT2D eigenvalue weighted by Crippen LogP contribution is -2.21. The van der Waals surface area contributed by atoms with Crippen molar-refractivity contribution in [3.63, 3.8) is 0 Å². The number of benzene rings is 2. The Balaban J connectivity index is 1.53. The van der Waals surface area contributed by atoms with Gasteiger partial charge in [0.25, 0.3) is 5.56 Å². The molecule has 0 N–H and O–H groups in total. The highest BCUT2D eigenvalue weighted by Crippen LogP contribution is 2.35. The van der Waals surface area contributed by atoms with E-state index in [1.165, 1.54) is 15.1 Å². The molecule has 2 aromatic heterocycles. The second kappa shape index (κ2) is 6.19. The third kappa shape index (κ3) is 2.70. The predicted molar refractivity (Wildman–Crippen MR) is 96.5 cm³/mol. The number of ether oxygens (including phenoxy) is 2. The van der Waals surface area contributed by atoms with Crippen LogP contribution in [0.5, 0.6) is 11.5 Å². The van der Waals surface area contributed by atoms with Crippen LogP contribution < -0.4 is 15.0 Å². The molecule has 2 aromatic carbocycles. The number of hydrogen-bond donors (Lipinski definition) is 0. The summed E-state index contributed by atoms with van der Waals surface area (Å²) in [7, 11) is 0. The summed E-state index contributed by atoms with van der Waals surface area (Å²) < 4.78 is 40.1. The van der Waals surface area contributed by atoms with Crippen LogP contribution in [-0.2, 0) is 6.54 Å².